The molecule has 0 radical (unpaired) electrons. The van der Waals surface area contributed by atoms with Gasteiger partial charge < -0.3 is 34.0 Å². The molecular weight excluding hydrogens is 580 g/mol. The van der Waals surface area contributed by atoms with Gasteiger partial charge in [0, 0.05) is 37.1 Å². The topological polar surface area (TPSA) is 42.8 Å². The van der Waals surface area contributed by atoms with Crippen LogP contribution in [0.5, 0.6) is 0 Å². The summed E-state index contributed by atoms with van der Waals surface area (Å²) in [7, 11) is 0. The molecule has 6 nitrogen and oxygen atoms in total. The smallest absolute Gasteiger partial charge is 0.314 e. The molecule has 0 saturated heterocycles. The number of aryl methyl sites for hydroxylation is 2. The molecule has 0 spiro atoms. The number of benzene rings is 2. The Balaban J connectivity index is 0.00000152. The first-order valence-electron chi connectivity index (χ1n) is 11.3. The number of rotatable bonds is 4. The maximum atomic E-state index is 4.82. The number of aromatic nitrogens is 4. The van der Waals surface area contributed by atoms with E-state index in [0.29, 0.717) is 0 Å². The molecule has 6 rings (SSSR count). The summed E-state index contributed by atoms with van der Waals surface area (Å²) in [6.45, 7) is 4.23. The summed E-state index contributed by atoms with van der Waals surface area (Å²) in [4.78, 5) is 0. The lowest BCUT2D eigenvalue weighted by atomic mass is 10.1. The molecule has 4 heterocycles. The predicted molar refractivity (Wildman–Crippen MR) is 131 cm³/mol. The van der Waals surface area contributed by atoms with Crippen LogP contribution in [0.25, 0.3) is 33.8 Å². The van der Waals surface area contributed by atoms with Gasteiger partial charge in [0.15, 0.2) is 11.4 Å². The molecule has 0 atom stereocenters. The van der Waals surface area contributed by atoms with Crippen LogP contribution in [0, 0.1) is 13.8 Å². The Bertz CT molecular complexity index is 1550. The van der Waals surface area contributed by atoms with Crippen LogP contribution >= 0.6 is 0 Å². The highest BCUT2D eigenvalue weighted by atomic mass is 79.9. The van der Waals surface area contributed by atoms with Crippen LogP contribution in [0.1, 0.15) is 11.4 Å². The van der Waals surface area contributed by atoms with Crippen molar-refractivity contribution in [2.75, 3.05) is 0 Å². The SMILES string of the molecule is Cc1c(-c2ccccc2)n(/N=N/n2c(-c3ccccc3)c(C)[n+]3ccccc23)c2cccc[n+]12.[Br-].[Br-]. The van der Waals surface area contributed by atoms with Gasteiger partial charge >= 0.3 is 11.3 Å². The van der Waals surface area contributed by atoms with Crippen molar-refractivity contribution in [3.63, 3.8) is 0 Å². The van der Waals surface area contributed by atoms with Crippen LogP contribution in [0.15, 0.2) is 120 Å². The van der Waals surface area contributed by atoms with Crippen molar-refractivity contribution >= 4 is 11.3 Å². The minimum atomic E-state index is 0. The van der Waals surface area contributed by atoms with E-state index in [1.807, 2.05) is 70.0 Å². The molecule has 0 saturated carbocycles. The largest absolute Gasteiger partial charge is 1.00 e. The van der Waals surface area contributed by atoms with E-state index in [9.17, 15) is 0 Å². The summed E-state index contributed by atoms with van der Waals surface area (Å²) < 4.78 is 8.14. The summed E-state index contributed by atoms with van der Waals surface area (Å²) in [6, 6.07) is 32.9. The lowest BCUT2D eigenvalue weighted by Crippen LogP contribution is -3.00. The minimum absolute atomic E-state index is 0. The Morgan fingerprint density at radius 1 is 0.500 bits per heavy atom. The highest BCUT2D eigenvalue weighted by molar-refractivity contribution is 5.65. The fraction of sp³-hybridized carbons (Fsp3) is 0.0714. The zero-order valence-electron chi connectivity index (χ0n) is 19.8. The first-order chi connectivity index (χ1) is 16.7. The number of imidazole rings is 2. The van der Waals surface area contributed by atoms with Gasteiger partial charge in [0.1, 0.15) is 0 Å². The van der Waals surface area contributed by atoms with E-state index >= 15 is 0 Å². The number of nitrogens with zero attached hydrogens (tertiary/aromatic N) is 6. The molecule has 0 aliphatic heterocycles. The molecule has 0 bridgehead atoms. The van der Waals surface area contributed by atoms with E-state index in [-0.39, 0.29) is 34.0 Å². The number of hydrogen-bond acceptors (Lipinski definition) is 2. The number of halogens is 2. The van der Waals surface area contributed by atoms with Gasteiger partial charge in [-0.15, -0.1) is 0 Å². The highest BCUT2D eigenvalue weighted by Crippen LogP contribution is 2.27. The van der Waals surface area contributed by atoms with Crippen molar-refractivity contribution in [1.29, 1.82) is 0 Å². The average Bonchev–Trinajstić information content (AvgIpc) is 3.34. The van der Waals surface area contributed by atoms with E-state index in [1.54, 1.807) is 0 Å². The average molecular weight is 604 g/mol. The second-order valence-electron chi connectivity index (χ2n) is 8.26. The summed E-state index contributed by atoms with van der Waals surface area (Å²) in [5.74, 6) is 0. The summed E-state index contributed by atoms with van der Waals surface area (Å²) in [5.41, 5.74) is 8.31. The van der Waals surface area contributed by atoms with Crippen molar-refractivity contribution in [1.82, 2.24) is 9.35 Å². The number of fused-ring (bicyclic) bond motifs is 2. The van der Waals surface area contributed by atoms with Gasteiger partial charge in [-0.25, -0.2) is 0 Å². The van der Waals surface area contributed by atoms with E-state index in [2.05, 4.69) is 71.4 Å². The Morgan fingerprint density at radius 2 is 0.861 bits per heavy atom. The molecule has 0 unspecified atom stereocenters. The maximum absolute atomic E-state index is 4.82. The van der Waals surface area contributed by atoms with Crippen molar-refractivity contribution in [2.45, 2.75) is 13.8 Å². The van der Waals surface area contributed by atoms with Gasteiger partial charge in [-0.1, -0.05) is 82.1 Å². The zero-order valence-corrected chi connectivity index (χ0v) is 23.0. The standard InChI is InChI=1S/C28H24N6.2BrH/c1-21-27(23-13-5-3-6-14-23)33(25-17-9-11-19-31(21)25)29-30-34-26-18-10-12-20-32(26)22(2)28(34)24-15-7-4-8-16-24;;/h3-20H,1-2H3;2*1H/q+2;;/p-2/b30-29+;;. The Hall–Kier alpha value is -3.62. The van der Waals surface area contributed by atoms with Gasteiger partial charge in [-0.2, -0.15) is 8.80 Å². The molecular formula is C28H24Br2N6. The van der Waals surface area contributed by atoms with E-state index in [4.69, 9.17) is 10.4 Å². The molecule has 2 aromatic carbocycles. The summed E-state index contributed by atoms with van der Waals surface area (Å²) >= 11 is 0. The van der Waals surface area contributed by atoms with Crippen molar-refractivity contribution in [3.05, 3.63) is 121 Å². The van der Waals surface area contributed by atoms with Gasteiger partial charge in [-0.3, -0.25) is 0 Å². The molecule has 0 amide bonds. The van der Waals surface area contributed by atoms with E-state index < -0.39 is 0 Å². The molecule has 180 valence electrons. The Labute approximate surface area is 230 Å². The first kappa shape index (κ1) is 25.5. The third kappa shape index (κ3) is 4.16. The maximum Gasteiger partial charge on any atom is 0.314 e. The number of pyridine rings is 2. The molecule has 0 N–H and O–H groups in total. The van der Waals surface area contributed by atoms with Gasteiger partial charge in [0.2, 0.25) is 11.4 Å². The first-order valence-corrected chi connectivity index (χ1v) is 11.3. The summed E-state index contributed by atoms with van der Waals surface area (Å²) in [5, 5.41) is 9.64. The molecule has 0 fully saturated rings. The van der Waals surface area contributed by atoms with Crippen LogP contribution in [0.2, 0.25) is 0 Å². The van der Waals surface area contributed by atoms with Crippen LogP contribution < -0.4 is 42.8 Å². The second-order valence-corrected chi connectivity index (χ2v) is 8.26. The Kier molecular flexibility index (Phi) is 7.47. The predicted octanol–water partition coefficient (Wildman–Crippen LogP) is -0.596. The van der Waals surface area contributed by atoms with Crippen LogP contribution in [-0.4, -0.2) is 9.35 Å². The van der Waals surface area contributed by atoms with Crippen molar-refractivity contribution in [2.24, 2.45) is 10.4 Å². The van der Waals surface area contributed by atoms with Gasteiger partial charge in [-0.05, 0) is 12.1 Å². The lowest BCUT2D eigenvalue weighted by Gasteiger charge is -1.98. The quantitative estimate of drug-likeness (QED) is 0.191. The molecule has 36 heavy (non-hydrogen) atoms. The van der Waals surface area contributed by atoms with Crippen molar-refractivity contribution < 1.29 is 42.8 Å². The van der Waals surface area contributed by atoms with Crippen LogP contribution in [0.4, 0.5) is 0 Å². The zero-order chi connectivity index (χ0) is 23.1. The van der Waals surface area contributed by atoms with E-state index in [0.717, 1.165) is 45.2 Å². The second kappa shape index (κ2) is 10.6. The Morgan fingerprint density at radius 3 is 1.25 bits per heavy atom. The summed E-state index contributed by atoms with van der Waals surface area (Å²) in [6.07, 6.45) is 4.12. The molecule has 0 aliphatic carbocycles. The normalized spacial score (nSPS) is 11.1. The third-order valence-electron chi connectivity index (χ3n) is 6.26. The molecule has 8 heteroatoms. The van der Waals surface area contributed by atoms with Crippen LogP contribution in [0.3, 0.4) is 0 Å². The minimum Gasteiger partial charge on any atom is -1.00 e. The third-order valence-corrected chi connectivity index (χ3v) is 6.26. The van der Waals surface area contributed by atoms with E-state index in [1.165, 1.54) is 0 Å². The lowest BCUT2D eigenvalue weighted by molar-refractivity contribution is -0.518. The number of hydrogen-bond donors (Lipinski definition) is 0. The molecule has 0 aliphatic rings. The molecule has 4 aromatic heterocycles. The van der Waals surface area contributed by atoms with Gasteiger partial charge in [0.25, 0.3) is 0 Å². The van der Waals surface area contributed by atoms with Crippen LogP contribution in [-0.2, 0) is 0 Å². The molecule has 6 aromatic rings. The fourth-order valence-corrected chi connectivity index (χ4v) is 4.66. The highest BCUT2D eigenvalue weighted by Gasteiger charge is 2.27. The van der Waals surface area contributed by atoms with Crippen molar-refractivity contribution in [3.8, 4) is 22.5 Å². The van der Waals surface area contributed by atoms with Gasteiger partial charge in [0.05, 0.1) is 22.8 Å². The fourth-order valence-electron chi connectivity index (χ4n) is 4.66. The monoisotopic (exact) mass is 602 g/mol.